The lowest BCUT2D eigenvalue weighted by Crippen LogP contribution is -2.22. The molecule has 4 aromatic rings. The molecule has 0 saturated heterocycles. The van der Waals surface area contributed by atoms with Gasteiger partial charge in [0.05, 0.1) is 23.7 Å². The number of halogens is 2. The quantitative estimate of drug-likeness (QED) is 0.333. The molecule has 4 rings (SSSR count). The van der Waals surface area contributed by atoms with Crippen molar-refractivity contribution in [3.63, 3.8) is 0 Å². The van der Waals surface area contributed by atoms with Crippen LogP contribution >= 0.6 is 31.9 Å². The SMILES string of the molecule is COc1ccc(C=Cc2nc3ccccc3c(=O)n2-c2cc(Br)ccc2Br)cc1. The number of nitrogens with zero attached hydrogens (tertiary/aromatic N) is 2. The van der Waals surface area contributed by atoms with Gasteiger partial charge in [-0.3, -0.25) is 9.36 Å². The van der Waals surface area contributed by atoms with E-state index in [0.717, 1.165) is 25.9 Å². The number of ether oxygens (including phenoxy) is 1. The number of rotatable bonds is 4. The molecule has 6 heteroatoms. The molecule has 0 fully saturated rings. The third-order valence-corrected chi connectivity index (χ3v) is 5.66. The van der Waals surface area contributed by atoms with Crippen molar-refractivity contribution in [2.45, 2.75) is 0 Å². The molecule has 0 atom stereocenters. The van der Waals surface area contributed by atoms with E-state index in [0.29, 0.717) is 16.7 Å². The third-order valence-electron chi connectivity index (χ3n) is 4.49. The second kappa shape index (κ2) is 8.35. The number of methoxy groups -OCH3 is 1. The van der Waals surface area contributed by atoms with Crippen LogP contribution < -0.4 is 10.3 Å². The van der Waals surface area contributed by atoms with E-state index in [-0.39, 0.29) is 5.56 Å². The van der Waals surface area contributed by atoms with E-state index in [1.807, 2.05) is 72.8 Å². The van der Waals surface area contributed by atoms with E-state index in [1.165, 1.54) is 0 Å². The summed E-state index contributed by atoms with van der Waals surface area (Å²) in [5, 5.41) is 0.570. The fourth-order valence-corrected chi connectivity index (χ4v) is 3.81. The zero-order valence-electron chi connectivity index (χ0n) is 15.5. The van der Waals surface area contributed by atoms with Crippen molar-refractivity contribution in [1.82, 2.24) is 9.55 Å². The average molecular weight is 512 g/mol. The molecule has 0 spiro atoms. The van der Waals surface area contributed by atoms with Crippen LogP contribution in [-0.4, -0.2) is 16.7 Å². The summed E-state index contributed by atoms with van der Waals surface area (Å²) in [4.78, 5) is 18.1. The van der Waals surface area contributed by atoms with E-state index in [4.69, 9.17) is 9.72 Å². The number of para-hydroxylation sites is 1. The highest BCUT2D eigenvalue weighted by Gasteiger charge is 2.13. The summed E-state index contributed by atoms with van der Waals surface area (Å²) in [5.41, 5.74) is 2.24. The molecule has 0 N–H and O–H groups in total. The Hall–Kier alpha value is -2.70. The van der Waals surface area contributed by atoms with Crippen LogP contribution in [-0.2, 0) is 0 Å². The van der Waals surface area contributed by atoms with Gasteiger partial charge in [-0.1, -0.05) is 46.3 Å². The number of aromatic nitrogens is 2. The molecule has 3 aromatic carbocycles. The van der Waals surface area contributed by atoms with E-state index in [1.54, 1.807) is 17.7 Å². The second-order valence-electron chi connectivity index (χ2n) is 6.33. The van der Waals surface area contributed by atoms with Gasteiger partial charge in [0.1, 0.15) is 11.6 Å². The molecule has 0 aliphatic carbocycles. The van der Waals surface area contributed by atoms with Crippen LogP contribution in [0, 0.1) is 0 Å². The van der Waals surface area contributed by atoms with Gasteiger partial charge in [-0.15, -0.1) is 0 Å². The highest BCUT2D eigenvalue weighted by atomic mass is 79.9. The first-order valence-corrected chi connectivity index (χ1v) is 10.4. The first-order valence-electron chi connectivity index (χ1n) is 8.86. The van der Waals surface area contributed by atoms with Crippen molar-refractivity contribution in [2.75, 3.05) is 7.11 Å². The Labute approximate surface area is 184 Å². The topological polar surface area (TPSA) is 44.1 Å². The summed E-state index contributed by atoms with van der Waals surface area (Å²) < 4.78 is 8.51. The standard InChI is InChI=1S/C23H16Br2N2O2/c1-29-17-10-6-15(7-11-17)8-13-22-26-20-5-3-2-4-18(20)23(28)27(22)21-14-16(24)9-12-19(21)25/h2-14H,1H3. The predicted molar refractivity (Wildman–Crippen MR) is 125 cm³/mol. The molecule has 0 unspecified atom stereocenters. The molecule has 29 heavy (non-hydrogen) atoms. The normalized spacial score (nSPS) is 11.3. The van der Waals surface area contributed by atoms with Crippen LogP contribution in [0.4, 0.5) is 0 Å². The van der Waals surface area contributed by atoms with E-state index in [9.17, 15) is 4.79 Å². The molecule has 1 heterocycles. The van der Waals surface area contributed by atoms with Crippen molar-refractivity contribution in [2.24, 2.45) is 0 Å². The van der Waals surface area contributed by atoms with Crippen molar-refractivity contribution >= 4 is 54.9 Å². The van der Waals surface area contributed by atoms with Gasteiger partial charge < -0.3 is 4.74 Å². The van der Waals surface area contributed by atoms with Crippen molar-refractivity contribution in [3.05, 3.63) is 97.4 Å². The third kappa shape index (κ3) is 4.04. The molecule has 0 aliphatic rings. The van der Waals surface area contributed by atoms with Crippen molar-refractivity contribution in [1.29, 1.82) is 0 Å². The smallest absolute Gasteiger partial charge is 0.266 e. The van der Waals surface area contributed by atoms with Gasteiger partial charge >= 0.3 is 0 Å². The van der Waals surface area contributed by atoms with Crippen LogP contribution in [0.3, 0.4) is 0 Å². The summed E-state index contributed by atoms with van der Waals surface area (Å²) in [6.07, 6.45) is 3.78. The molecule has 144 valence electrons. The molecule has 0 amide bonds. The zero-order valence-corrected chi connectivity index (χ0v) is 18.6. The number of benzene rings is 3. The van der Waals surface area contributed by atoms with Gasteiger partial charge in [0.25, 0.3) is 5.56 Å². The lowest BCUT2D eigenvalue weighted by Gasteiger charge is -2.13. The van der Waals surface area contributed by atoms with Gasteiger partial charge in [0, 0.05) is 8.95 Å². The van der Waals surface area contributed by atoms with Gasteiger partial charge in [0.15, 0.2) is 0 Å². The Bertz CT molecular complexity index is 1280. The summed E-state index contributed by atoms with van der Waals surface area (Å²) in [7, 11) is 1.64. The molecule has 0 bridgehead atoms. The van der Waals surface area contributed by atoms with Crippen LogP contribution in [0.1, 0.15) is 11.4 Å². The minimum Gasteiger partial charge on any atom is -0.497 e. The summed E-state index contributed by atoms with van der Waals surface area (Å²) >= 11 is 7.06. The van der Waals surface area contributed by atoms with Gasteiger partial charge in [-0.2, -0.15) is 0 Å². The summed E-state index contributed by atoms with van der Waals surface area (Å²) in [5.74, 6) is 1.34. The molecule has 0 saturated carbocycles. The molecular formula is C23H16Br2N2O2. The number of hydrogen-bond acceptors (Lipinski definition) is 3. The largest absolute Gasteiger partial charge is 0.497 e. The molecule has 1 aromatic heterocycles. The van der Waals surface area contributed by atoms with Crippen molar-refractivity contribution < 1.29 is 4.74 Å². The minimum atomic E-state index is -0.121. The Morgan fingerprint density at radius 2 is 1.72 bits per heavy atom. The Kier molecular flexibility index (Phi) is 5.65. The van der Waals surface area contributed by atoms with Crippen LogP contribution in [0.2, 0.25) is 0 Å². The molecule has 4 nitrogen and oxygen atoms in total. The van der Waals surface area contributed by atoms with Crippen LogP contribution in [0.15, 0.2) is 80.5 Å². The average Bonchev–Trinajstić information content (AvgIpc) is 2.75. The number of hydrogen-bond donors (Lipinski definition) is 0. The fraction of sp³-hybridized carbons (Fsp3) is 0.0435. The van der Waals surface area contributed by atoms with E-state index in [2.05, 4.69) is 31.9 Å². The molecule has 0 radical (unpaired) electrons. The maximum Gasteiger partial charge on any atom is 0.266 e. The highest BCUT2D eigenvalue weighted by Crippen LogP contribution is 2.26. The van der Waals surface area contributed by atoms with Crippen molar-refractivity contribution in [3.8, 4) is 11.4 Å². The summed E-state index contributed by atoms with van der Waals surface area (Å²) in [6.45, 7) is 0. The zero-order chi connectivity index (χ0) is 20.4. The first-order chi connectivity index (χ1) is 14.1. The van der Waals surface area contributed by atoms with E-state index >= 15 is 0 Å². The fourth-order valence-electron chi connectivity index (χ4n) is 3.04. The van der Waals surface area contributed by atoms with Crippen LogP contribution in [0.25, 0.3) is 28.7 Å². The predicted octanol–water partition coefficient (Wildman–Crippen LogP) is 6.09. The highest BCUT2D eigenvalue weighted by molar-refractivity contribution is 9.11. The number of fused-ring (bicyclic) bond motifs is 1. The van der Waals surface area contributed by atoms with Gasteiger partial charge in [-0.05, 0) is 70.0 Å². The Morgan fingerprint density at radius 1 is 0.966 bits per heavy atom. The maximum atomic E-state index is 13.3. The minimum absolute atomic E-state index is 0.121. The van der Waals surface area contributed by atoms with Gasteiger partial charge in [-0.25, -0.2) is 4.98 Å². The lowest BCUT2D eigenvalue weighted by atomic mass is 10.2. The lowest BCUT2D eigenvalue weighted by molar-refractivity contribution is 0.415. The maximum absolute atomic E-state index is 13.3. The van der Waals surface area contributed by atoms with E-state index < -0.39 is 0 Å². The van der Waals surface area contributed by atoms with Crippen LogP contribution in [0.5, 0.6) is 5.75 Å². The summed E-state index contributed by atoms with van der Waals surface area (Å²) in [6, 6.07) is 20.8. The first kappa shape index (κ1) is 19.6. The molecular weight excluding hydrogens is 496 g/mol. The monoisotopic (exact) mass is 510 g/mol. The molecule has 0 aliphatic heterocycles. The Balaban J connectivity index is 1.93. The van der Waals surface area contributed by atoms with Gasteiger partial charge in [0.2, 0.25) is 0 Å². The second-order valence-corrected chi connectivity index (χ2v) is 8.10. The Morgan fingerprint density at radius 3 is 2.48 bits per heavy atom.